The maximum absolute atomic E-state index is 13.6. The van der Waals surface area contributed by atoms with E-state index in [1.807, 2.05) is 61.5 Å². The van der Waals surface area contributed by atoms with Crippen LogP contribution >= 0.6 is 7.37 Å². The van der Waals surface area contributed by atoms with Crippen LogP contribution in [0.3, 0.4) is 0 Å². The lowest BCUT2D eigenvalue weighted by molar-refractivity contribution is -0.143. The molecule has 3 rings (SSSR count). The highest BCUT2D eigenvalue weighted by molar-refractivity contribution is 7.58. The van der Waals surface area contributed by atoms with Gasteiger partial charge in [-0.05, 0) is 41.3 Å². The highest BCUT2D eigenvalue weighted by atomic mass is 31.2. The Morgan fingerprint density at radius 3 is 2.24 bits per heavy atom. The molecule has 0 radical (unpaired) electrons. The van der Waals surface area contributed by atoms with E-state index in [2.05, 4.69) is 0 Å². The van der Waals surface area contributed by atoms with Gasteiger partial charge in [0.05, 0.1) is 5.66 Å². The van der Waals surface area contributed by atoms with Crippen LogP contribution in [0, 0.1) is 0 Å². The molecule has 3 unspecified atom stereocenters. The van der Waals surface area contributed by atoms with Gasteiger partial charge in [-0.25, -0.2) is 0 Å². The lowest BCUT2D eigenvalue weighted by atomic mass is 9.77. The van der Waals surface area contributed by atoms with Crippen LogP contribution < -0.4 is 0 Å². The maximum atomic E-state index is 13.6. The van der Waals surface area contributed by atoms with Gasteiger partial charge in [-0.15, -0.1) is 0 Å². The first-order chi connectivity index (χ1) is 13.8. The molecule has 152 valence electrons. The molecule has 0 aliphatic rings. The standard InChI is InChI=1S/C24H27O4P/c1-3-9-22(29(27,28)17-18-10-5-4-6-11-18)24(2,23(25)26)21-15-14-19-12-7-8-13-20(19)16-21/h4-8,10-16,22H,3,9,17H2,1-2H3,(H,25,26)(H,27,28). The molecule has 0 amide bonds. The molecule has 0 aromatic heterocycles. The first-order valence-corrected chi connectivity index (χ1v) is 11.8. The average molecular weight is 410 g/mol. The number of aliphatic carboxylic acids is 1. The quantitative estimate of drug-likeness (QED) is 0.459. The molecule has 0 bridgehead atoms. The van der Waals surface area contributed by atoms with Crippen molar-refractivity contribution in [2.24, 2.45) is 0 Å². The van der Waals surface area contributed by atoms with E-state index in [0.29, 0.717) is 18.4 Å². The summed E-state index contributed by atoms with van der Waals surface area (Å²) in [7, 11) is -3.82. The van der Waals surface area contributed by atoms with Gasteiger partial charge in [0, 0.05) is 6.16 Å². The van der Waals surface area contributed by atoms with Crippen molar-refractivity contribution < 1.29 is 19.4 Å². The van der Waals surface area contributed by atoms with E-state index >= 15 is 0 Å². The van der Waals surface area contributed by atoms with Crippen molar-refractivity contribution in [3.8, 4) is 0 Å². The minimum absolute atomic E-state index is 0.0328. The fraction of sp³-hybridized carbons (Fsp3) is 0.292. The SMILES string of the molecule is CCCC(C(C)(C(=O)O)c1ccc2ccccc2c1)P(=O)(O)Cc1ccccc1. The van der Waals surface area contributed by atoms with Gasteiger partial charge in [0.15, 0.2) is 0 Å². The summed E-state index contributed by atoms with van der Waals surface area (Å²) in [4.78, 5) is 23.7. The lowest BCUT2D eigenvalue weighted by Crippen LogP contribution is -2.44. The number of carboxylic acids is 1. The highest BCUT2D eigenvalue weighted by Crippen LogP contribution is 2.58. The van der Waals surface area contributed by atoms with Gasteiger partial charge in [0.1, 0.15) is 5.41 Å². The molecule has 0 saturated heterocycles. The molecule has 29 heavy (non-hydrogen) atoms. The Balaban J connectivity index is 2.10. The first-order valence-electron chi connectivity index (χ1n) is 9.87. The van der Waals surface area contributed by atoms with Crippen molar-refractivity contribution in [1.82, 2.24) is 0 Å². The lowest BCUT2D eigenvalue weighted by Gasteiger charge is -2.37. The predicted octanol–water partition coefficient (Wildman–Crippen LogP) is 5.82. The zero-order chi connectivity index (χ0) is 21.1. The number of hydrogen-bond acceptors (Lipinski definition) is 2. The molecule has 0 aliphatic heterocycles. The Morgan fingerprint density at radius 1 is 1.00 bits per heavy atom. The van der Waals surface area contributed by atoms with Crippen LogP contribution in [-0.2, 0) is 20.9 Å². The van der Waals surface area contributed by atoms with E-state index in [1.54, 1.807) is 25.1 Å². The zero-order valence-electron chi connectivity index (χ0n) is 16.8. The van der Waals surface area contributed by atoms with Crippen molar-refractivity contribution in [3.63, 3.8) is 0 Å². The Kier molecular flexibility index (Phi) is 6.26. The molecule has 3 aromatic carbocycles. The Hall–Kier alpha value is -2.42. The third-order valence-corrected chi connectivity index (χ3v) is 8.33. The number of carboxylic acid groups (broad SMARTS) is 1. The average Bonchev–Trinajstić information content (AvgIpc) is 2.71. The van der Waals surface area contributed by atoms with E-state index in [1.165, 1.54) is 0 Å². The summed E-state index contributed by atoms with van der Waals surface area (Å²) in [6, 6.07) is 22.3. The van der Waals surface area contributed by atoms with Crippen molar-refractivity contribution in [1.29, 1.82) is 0 Å². The van der Waals surface area contributed by atoms with E-state index in [0.717, 1.165) is 16.3 Å². The Bertz CT molecular complexity index is 1050. The number of fused-ring (bicyclic) bond motifs is 1. The second kappa shape index (κ2) is 8.52. The summed E-state index contributed by atoms with van der Waals surface area (Å²) < 4.78 is 13.6. The maximum Gasteiger partial charge on any atom is 0.314 e. The van der Waals surface area contributed by atoms with E-state index in [4.69, 9.17) is 0 Å². The second-order valence-electron chi connectivity index (χ2n) is 7.77. The normalized spacial score (nSPS) is 16.7. The van der Waals surface area contributed by atoms with Gasteiger partial charge in [-0.1, -0.05) is 80.1 Å². The summed E-state index contributed by atoms with van der Waals surface area (Å²) >= 11 is 0. The van der Waals surface area contributed by atoms with Gasteiger partial charge < -0.3 is 10.00 Å². The fourth-order valence-corrected chi connectivity index (χ4v) is 6.78. The van der Waals surface area contributed by atoms with Crippen molar-refractivity contribution in [3.05, 3.63) is 83.9 Å². The van der Waals surface area contributed by atoms with Crippen molar-refractivity contribution in [2.75, 3.05) is 0 Å². The van der Waals surface area contributed by atoms with Gasteiger partial charge in [-0.2, -0.15) is 0 Å². The Labute approximate surface area is 171 Å². The fourth-order valence-electron chi connectivity index (χ4n) is 4.09. The van der Waals surface area contributed by atoms with Crippen LogP contribution in [0.25, 0.3) is 10.8 Å². The van der Waals surface area contributed by atoms with Crippen LogP contribution in [0.5, 0.6) is 0 Å². The van der Waals surface area contributed by atoms with Crippen LogP contribution in [0.1, 0.15) is 37.8 Å². The Morgan fingerprint density at radius 2 is 1.62 bits per heavy atom. The minimum atomic E-state index is -3.82. The van der Waals surface area contributed by atoms with Crippen molar-refractivity contribution >= 4 is 24.1 Å². The van der Waals surface area contributed by atoms with E-state index in [9.17, 15) is 19.4 Å². The molecule has 0 spiro atoms. The molecule has 2 N–H and O–H groups in total. The largest absolute Gasteiger partial charge is 0.481 e. The number of benzene rings is 3. The summed E-state index contributed by atoms with van der Waals surface area (Å²) in [5.41, 5.74) is -1.06. The van der Waals surface area contributed by atoms with Crippen LogP contribution in [0.15, 0.2) is 72.8 Å². The molecule has 4 nitrogen and oxygen atoms in total. The van der Waals surface area contributed by atoms with Crippen LogP contribution in [0.2, 0.25) is 0 Å². The van der Waals surface area contributed by atoms with Gasteiger partial charge in [0.2, 0.25) is 7.37 Å². The summed E-state index contributed by atoms with van der Waals surface area (Å²) in [5.74, 6) is -1.08. The van der Waals surface area contributed by atoms with Crippen LogP contribution in [-0.4, -0.2) is 21.6 Å². The smallest absolute Gasteiger partial charge is 0.314 e. The topological polar surface area (TPSA) is 74.6 Å². The van der Waals surface area contributed by atoms with Crippen molar-refractivity contribution in [2.45, 2.75) is 43.9 Å². The summed E-state index contributed by atoms with van der Waals surface area (Å²) in [5, 5.41) is 12.2. The van der Waals surface area contributed by atoms with Gasteiger partial charge >= 0.3 is 5.97 Å². The zero-order valence-corrected chi connectivity index (χ0v) is 17.7. The van der Waals surface area contributed by atoms with E-state index < -0.39 is 24.4 Å². The number of hydrogen-bond donors (Lipinski definition) is 2. The highest BCUT2D eigenvalue weighted by Gasteiger charge is 2.50. The van der Waals surface area contributed by atoms with Gasteiger partial charge in [-0.3, -0.25) is 9.36 Å². The molecule has 0 fully saturated rings. The monoisotopic (exact) mass is 410 g/mol. The van der Waals surface area contributed by atoms with E-state index in [-0.39, 0.29) is 6.16 Å². The summed E-state index contributed by atoms with van der Waals surface area (Å²) in [6.07, 6.45) is 0.950. The number of carbonyl (C=O) groups is 1. The van der Waals surface area contributed by atoms with Gasteiger partial charge in [0.25, 0.3) is 0 Å². The molecular weight excluding hydrogens is 383 g/mol. The molecule has 3 aromatic rings. The third-order valence-electron chi connectivity index (χ3n) is 5.76. The number of rotatable bonds is 8. The molecule has 5 heteroatoms. The second-order valence-corrected chi connectivity index (χ2v) is 10.2. The van der Waals surface area contributed by atoms with Crippen LogP contribution in [0.4, 0.5) is 0 Å². The third kappa shape index (κ3) is 4.29. The predicted molar refractivity (Wildman–Crippen MR) is 118 cm³/mol. The molecule has 0 aliphatic carbocycles. The first kappa shape index (κ1) is 21.3. The molecule has 0 heterocycles. The summed E-state index contributed by atoms with van der Waals surface area (Å²) in [6.45, 7) is 3.51. The minimum Gasteiger partial charge on any atom is -0.481 e. The molecule has 3 atom stereocenters. The molecule has 0 saturated carbocycles. The molecular formula is C24H27O4P.